The molecule has 0 spiro atoms. The summed E-state index contributed by atoms with van der Waals surface area (Å²) in [4.78, 5) is 11.1. The summed E-state index contributed by atoms with van der Waals surface area (Å²) in [6.45, 7) is 2.53. The van der Waals surface area contributed by atoms with Crippen LogP contribution in [-0.4, -0.2) is 25.1 Å². The SMILES string of the molecule is CC(N)C(=O)NCCOc1ccc(Br)cc1. The lowest BCUT2D eigenvalue weighted by atomic mass is 10.3. The number of carbonyl (C=O) groups excluding carboxylic acids is 1. The van der Waals surface area contributed by atoms with Gasteiger partial charge in [-0.15, -0.1) is 0 Å². The summed E-state index contributed by atoms with van der Waals surface area (Å²) < 4.78 is 6.42. The Hall–Kier alpha value is -1.07. The highest BCUT2D eigenvalue weighted by molar-refractivity contribution is 9.10. The molecule has 88 valence electrons. The fourth-order valence-electron chi connectivity index (χ4n) is 1.03. The quantitative estimate of drug-likeness (QED) is 0.802. The second kappa shape index (κ2) is 6.50. The number of rotatable bonds is 5. The number of halogens is 1. The summed E-state index contributed by atoms with van der Waals surface area (Å²) in [7, 11) is 0. The maximum absolute atomic E-state index is 11.1. The molecule has 1 aromatic rings. The van der Waals surface area contributed by atoms with Gasteiger partial charge in [0.1, 0.15) is 12.4 Å². The van der Waals surface area contributed by atoms with E-state index in [9.17, 15) is 4.79 Å². The van der Waals surface area contributed by atoms with Crippen LogP contribution in [-0.2, 0) is 4.79 Å². The largest absolute Gasteiger partial charge is 0.492 e. The summed E-state index contributed by atoms with van der Waals surface area (Å²) >= 11 is 3.34. The molecule has 0 radical (unpaired) electrons. The molecule has 0 saturated heterocycles. The molecule has 1 aromatic carbocycles. The Morgan fingerprint density at radius 3 is 2.69 bits per heavy atom. The van der Waals surface area contributed by atoms with Gasteiger partial charge in [0, 0.05) is 4.47 Å². The van der Waals surface area contributed by atoms with Crippen molar-refractivity contribution < 1.29 is 9.53 Å². The van der Waals surface area contributed by atoms with Gasteiger partial charge in [-0.1, -0.05) is 15.9 Å². The van der Waals surface area contributed by atoms with E-state index >= 15 is 0 Å². The van der Waals surface area contributed by atoms with Crippen LogP contribution in [0, 0.1) is 0 Å². The Bertz CT molecular complexity index is 338. The van der Waals surface area contributed by atoms with E-state index < -0.39 is 6.04 Å². The van der Waals surface area contributed by atoms with Crippen molar-refractivity contribution in [3.8, 4) is 5.75 Å². The zero-order valence-electron chi connectivity index (χ0n) is 9.07. The lowest BCUT2D eigenvalue weighted by Gasteiger charge is -2.09. The minimum absolute atomic E-state index is 0.167. The second-order valence-electron chi connectivity index (χ2n) is 3.38. The Balaban J connectivity index is 2.21. The third kappa shape index (κ3) is 4.63. The van der Waals surface area contributed by atoms with Crippen molar-refractivity contribution >= 4 is 21.8 Å². The van der Waals surface area contributed by atoms with Gasteiger partial charge in [0.05, 0.1) is 12.6 Å². The predicted octanol–water partition coefficient (Wildman–Crippen LogP) is 1.29. The van der Waals surface area contributed by atoms with Crippen molar-refractivity contribution in [1.82, 2.24) is 5.32 Å². The van der Waals surface area contributed by atoms with E-state index in [1.165, 1.54) is 0 Å². The van der Waals surface area contributed by atoms with E-state index in [0.717, 1.165) is 10.2 Å². The van der Waals surface area contributed by atoms with Crippen molar-refractivity contribution in [3.05, 3.63) is 28.7 Å². The molecule has 1 atom stereocenters. The first-order valence-corrected chi connectivity index (χ1v) is 5.80. The van der Waals surface area contributed by atoms with Crippen LogP contribution >= 0.6 is 15.9 Å². The number of hydrogen-bond donors (Lipinski definition) is 2. The average molecular weight is 287 g/mol. The van der Waals surface area contributed by atoms with Gasteiger partial charge < -0.3 is 15.8 Å². The molecular weight excluding hydrogens is 272 g/mol. The molecule has 16 heavy (non-hydrogen) atoms. The normalized spacial score (nSPS) is 11.9. The van der Waals surface area contributed by atoms with Gasteiger partial charge in [0.15, 0.2) is 0 Å². The third-order valence-corrected chi connectivity index (χ3v) is 2.43. The van der Waals surface area contributed by atoms with Gasteiger partial charge in [-0.3, -0.25) is 4.79 Å². The van der Waals surface area contributed by atoms with Gasteiger partial charge in [0.25, 0.3) is 0 Å². The van der Waals surface area contributed by atoms with E-state index in [1.54, 1.807) is 6.92 Å². The Morgan fingerprint density at radius 1 is 1.50 bits per heavy atom. The van der Waals surface area contributed by atoms with Crippen molar-refractivity contribution in [2.45, 2.75) is 13.0 Å². The van der Waals surface area contributed by atoms with Gasteiger partial charge in [-0.2, -0.15) is 0 Å². The topological polar surface area (TPSA) is 64.4 Å². The molecule has 0 saturated carbocycles. The number of benzene rings is 1. The first-order chi connectivity index (χ1) is 7.59. The van der Waals surface area contributed by atoms with Crippen LogP contribution in [0.25, 0.3) is 0 Å². The standard InChI is InChI=1S/C11H15BrN2O2/c1-8(13)11(15)14-6-7-16-10-4-2-9(12)3-5-10/h2-5,8H,6-7,13H2,1H3,(H,14,15). The highest BCUT2D eigenvalue weighted by Crippen LogP contribution is 2.15. The molecule has 3 N–H and O–H groups in total. The van der Waals surface area contributed by atoms with Gasteiger partial charge >= 0.3 is 0 Å². The van der Waals surface area contributed by atoms with Crippen molar-refractivity contribution in [2.75, 3.05) is 13.2 Å². The van der Waals surface area contributed by atoms with E-state index in [1.807, 2.05) is 24.3 Å². The molecule has 0 aromatic heterocycles. The van der Waals surface area contributed by atoms with Crippen LogP contribution in [0.3, 0.4) is 0 Å². The highest BCUT2D eigenvalue weighted by Gasteiger charge is 2.05. The van der Waals surface area contributed by atoms with E-state index in [0.29, 0.717) is 13.2 Å². The number of nitrogens with one attached hydrogen (secondary N) is 1. The summed E-state index contributed by atoms with van der Waals surface area (Å²) in [6.07, 6.45) is 0. The van der Waals surface area contributed by atoms with E-state index in [-0.39, 0.29) is 5.91 Å². The number of nitrogens with two attached hydrogens (primary N) is 1. The number of amides is 1. The fraction of sp³-hybridized carbons (Fsp3) is 0.364. The van der Waals surface area contributed by atoms with E-state index in [4.69, 9.17) is 10.5 Å². The molecule has 1 unspecified atom stereocenters. The number of ether oxygens (including phenoxy) is 1. The molecule has 1 rings (SSSR count). The van der Waals surface area contributed by atoms with Crippen LogP contribution in [0.5, 0.6) is 5.75 Å². The lowest BCUT2D eigenvalue weighted by molar-refractivity contribution is -0.122. The fourth-order valence-corrected chi connectivity index (χ4v) is 1.30. The van der Waals surface area contributed by atoms with Crippen molar-refractivity contribution in [1.29, 1.82) is 0 Å². The maximum atomic E-state index is 11.1. The van der Waals surface area contributed by atoms with Gasteiger partial charge in [-0.05, 0) is 31.2 Å². The summed E-state index contributed by atoms with van der Waals surface area (Å²) in [5.41, 5.74) is 5.39. The molecule has 0 heterocycles. The molecule has 0 aliphatic heterocycles. The van der Waals surface area contributed by atoms with Gasteiger partial charge in [-0.25, -0.2) is 0 Å². The number of hydrogen-bond acceptors (Lipinski definition) is 3. The maximum Gasteiger partial charge on any atom is 0.236 e. The average Bonchev–Trinajstić information content (AvgIpc) is 2.26. The van der Waals surface area contributed by atoms with Crippen molar-refractivity contribution in [2.24, 2.45) is 5.73 Å². The summed E-state index contributed by atoms with van der Waals surface area (Å²) in [5.74, 6) is 0.609. The van der Waals surface area contributed by atoms with Crippen molar-refractivity contribution in [3.63, 3.8) is 0 Å². The molecule has 1 amide bonds. The minimum Gasteiger partial charge on any atom is -0.492 e. The smallest absolute Gasteiger partial charge is 0.236 e. The molecule has 0 bridgehead atoms. The molecule has 0 fully saturated rings. The monoisotopic (exact) mass is 286 g/mol. The number of carbonyl (C=O) groups is 1. The Labute approximate surface area is 103 Å². The molecule has 0 aliphatic carbocycles. The van der Waals surface area contributed by atoms with Crippen LogP contribution in [0.1, 0.15) is 6.92 Å². The van der Waals surface area contributed by atoms with E-state index in [2.05, 4.69) is 21.2 Å². The molecule has 4 nitrogen and oxygen atoms in total. The second-order valence-corrected chi connectivity index (χ2v) is 4.30. The zero-order valence-corrected chi connectivity index (χ0v) is 10.7. The van der Waals surface area contributed by atoms with Gasteiger partial charge in [0.2, 0.25) is 5.91 Å². The Morgan fingerprint density at radius 2 is 2.12 bits per heavy atom. The Kier molecular flexibility index (Phi) is 5.28. The van der Waals surface area contributed by atoms with Crippen LogP contribution in [0.4, 0.5) is 0 Å². The summed E-state index contributed by atoms with van der Waals surface area (Å²) in [6, 6.07) is 7.04. The van der Waals surface area contributed by atoms with Crippen LogP contribution < -0.4 is 15.8 Å². The van der Waals surface area contributed by atoms with Crippen LogP contribution in [0.2, 0.25) is 0 Å². The van der Waals surface area contributed by atoms with Crippen LogP contribution in [0.15, 0.2) is 28.7 Å². The highest BCUT2D eigenvalue weighted by atomic mass is 79.9. The first kappa shape index (κ1) is 13.0. The summed E-state index contributed by atoms with van der Waals surface area (Å²) in [5, 5.41) is 2.67. The predicted molar refractivity (Wildman–Crippen MR) is 66.3 cm³/mol. The lowest BCUT2D eigenvalue weighted by Crippen LogP contribution is -2.40. The third-order valence-electron chi connectivity index (χ3n) is 1.90. The molecule has 0 aliphatic rings. The molecule has 5 heteroatoms. The first-order valence-electron chi connectivity index (χ1n) is 5.01. The minimum atomic E-state index is -0.479. The zero-order chi connectivity index (χ0) is 12.0. The molecular formula is C11H15BrN2O2.